The molecule has 2 aromatic carbocycles. The van der Waals surface area contributed by atoms with Crippen molar-refractivity contribution in [2.24, 2.45) is 5.10 Å². The van der Waals surface area contributed by atoms with Gasteiger partial charge in [0.25, 0.3) is 0 Å². The van der Waals surface area contributed by atoms with Crippen molar-refractivity contribution in [1.29, 1.82) is 0 Å². The molecular weight excluding hydrogens is 302 g/mol. The van der Waals surface area contributed by atoms with Gasteiger partial charge in [0.05, 0.1) is 6.21 Å². The fraction of sp³-hybridized carbons (Fsp3) is 0.211. The fourth-order valence-electron chi connectivity index (χ4n) is 2.17. The molecule has 0 aliphatic carbocycles. The quantitative estimate of drug-likeness (QED) is 0.466. The molecule has 2 N–H and O–H groups in total. The normalized spacial score (nSPS) is 10.5. The van der Waals surface area contributed by atoms with Crippen LogP contribution < -0.4 is 10.7 Å². The number of carbonyl (C=O) groups excluding carboxylic acids is 2. The lowest BCUT2D eigenvalue weighted by molar-refractivity contribution is -0.129. The highest BCUT2D eigenvalue weighted by Gasteiger charge is 2.07. The molecule has 24 heavy (non-hydrogen) atoms. The van der Waals surface area contributed by atoms with Crippen molar-refractivity contribution in [2.45, 2.75) is 19.8 Å². The molecule has 2 rings (SSSR count). The van der Waals surface area contributed by atoms with Crippen molar-refractivity contribution in [3.05, 3.63) is 71.3 Å². The lowest BCUT2D eigenvalue weighted by Crippen LogP contribution is -2.31. The molecule has 0 saturated carbocycles. The lowest BCUT2D eigenvalue weighted by Gasteiger charge is -2.04. The van der Waals surface area contributed by atoms with Crippen LogP contribution in [0.4, 0.5) is 0 Å². The molecule has 2 aromatic rings. The van der Waals surface area contributed by atoms with Gasteiger partial charge in [-0.15, -0.1) is 0 Å². The van der Waals surface area contributed by atoms with Gasteiger partial charge in [-0.25, -0.2) is 5.43 Å². The third-order valence-corrected chi connectivity index (χ3v) is 3.34. The lowest BCUT2D eigenvalue weighted by atomic mass is 10.1. The van der Waals surface area contributed by atoms with E-state index in [0.29, 0.717) is 6.54 Å². The highest BCUT2D eigenvalue weighted by Crippen LogP contribution is 2.00. The highest BCUT2D eigenvalue weighted by atomic mass is 16.2. The third kappa shape index (κ3) is 6.44. The van der Waals surface area contributed by atoms with Gasteiger partial charge >= 0.3 is 0 Å². The van der Waals surface area contributed by atoms with Gasteiger partial charge in [-0.2, -0.15) is 5.10 Å². The van der Waals surface area contributed by atoms with E-state index in [9.17, 15) is 9.59 Å². The van der Waals surface area contributed by atoms with Crippen molar-refractivity contribution in [3.63, 3.8) is 0 Å². The van der Waals surface area contributed by atoms with Crippen LogP contribution in [0.25, 0.3) is 0 Å². The molecule has 0 spiro atoms. The maximum Gasteiger partial charge on any atom is 0.249 e. The molecule has 0 saturated heterocycles. The summed E-state index contributed by atoms with van der Waals surface area (Å²) >= 11 is 0. The summed E-state index contributed by atoms with van der Waals surface area (Å²) < 4.78 is 0. The number of benzene rings is 2. The van der Waals surface area contributed by atoms with Crippen LogP contribution in [0.15, 0.2) is 59.7 Å². The maximum absolute atomic E-state index is 11.7. The number of hydrogen-bond donors (Lipinski definition) is 2. The van der Waals surface area contributed by atoms with Gasteiger partial charge in [-0.1, -0.05) is 60.2 Å². The van der Waals surface area contributed by atoms with Crippen LogP contribution in [-0.2, 0) is 16.0 Å². The average Bonchev–Trinajstić information content (AvgIpc) is 2.56. The Morgan fingerprint density at radius 1 is 1.04 bits per heavy atom. The van der Waals surface area contributed by atoms with Crippen molar-refractivity contribution < 1.29 is 9.59 Å². The Morgan fingerprint density at radius 3 is 2.58 bits per heavy atom. The Hall–Kier alpha value is -2.95. The third-order valence-electron chi connectivity index (χ3n) is 3.34. The Kier molecular flexibility index (Phi) is 6.71. The van der Waals surface area contributed by atoms with E-state index in [2.05, 4.69) is 15.8 Å². The molecule has 0 heterocycles. The zero-order valence-electron chi connectivity index (χ0n) is 13.7. The molecule has 0 atom stereocenters. The van der Waals surface area contributed by atoms with E-state index >= 15 is 0 Å². The van der Waals surface area contributed by atoms with Gasteiger partial charge < -0.3 is 5.32 Å². The summed E-state index contributed by atoms with van der Waals surface area (Å²) in [5, 5.41) is 6.59. The van der Waals surface area contributed by atoms with Crippen LogP contribution in [-0.4, -0.2) is 24.6 Å². The predicted molar refractivity (Wildman–Crippen MR) is 94.7 cm³/mol. The number of hydrogen-bond acceptors (Lipinski definition) is 3. The SMILES string of the molecule is Cc1cccc(/C=N/NC(=O)CC(=O)NCCc2ccccc2)c1. The first kappa shape index (κ1) is 17.4. The van der Waals surface area contributed by atoms with E-state index in [1.165, 1.54) is 0 Å². The number of hydrazone groups is 1. The summed E-state index contributed by atoms with van der Waals surface area (Å²) in [6.45, 7) is 2.48. The molecule has 2 amide bonds. The van der Waals surface area contributed by atoms with Crippen LogP contribution in [0.2, 0.25) is 0 Å². The summed E-state index contributed by atoms with van der Waals surface area (Å²) in [7, 11) is 0. The second-order valence-electron chi connectivity index (χ2n) is 5.47. The Balaban J connectivity index is 1.67. The van der Waals surface area contributed by atoms with Gasteiger partial charge in [0.2, 0.25) is 11.8 Å². The fourth-order valence-corrected chi connectivity index (χ4v) is 2.17. The summed E-state index contributed by atoms with van der Waals surface area (Å²) in [5.74, 6) is -0.745. The van der Waals surface area contributed by atoms with Crippen LogP contribution in [0, 0.1) is 6.92 Å². The number of rotatable bonds is 7. The largest absolute Gasteiger partial charge is 0.355 e. The summed E-state index contributed by atoms with van der Waals surface area (Å²) in [5.41, 5.74) is 5.51. The maximum atomic E-state index is 11.7. The van der Waals surface area contributed by atoms with E-state index in [1.54, 1.807) is 6.21 Å². The van der Waals surface area contributed by atoms with Gasteiger partial charge in [0.15, 0.2) is 0 Å². The minimum absolute atomic E-state index is 0.236. The van der Waals surface area contributed by atoms with E-state index in [-0.39, 0.29) is 12.3 Å². The average molecular weight is 323 g/mol. The zero-order chi connectivity index (χ0) is 17.2. The number of amides is 2. The monoisotopic (exact) mass is 323 g/mol. The molecule has 0 aromatic heterocycles. The van der Waals surface area contributed by atoms with Gasteiger partial charge in [-0.05, 0) is 24.5 Å². The highest BCUT2D eigenvalue weighted by molar-refractivity contribution is 5.97. The van der Waals surface area contributed by atoms with Crippen molar-refractivity contribution >= 4 is 18.0 Å². The molecule has 0 unspecified atom stereocenters. The molecule has 0 bridgehead atoms. The minimum atomic E-state index is -0.434. The first-order valence-corrected chi connectivity index (χ1v) is 7.82. The smallest absolute Gasteiger partial charge is 0.249 e. The molecule has 0 radical (unpaired) electrons. The second kappa shape index (κ2) is 9.25. The van der Waals surface area contributed by atoms with E-state index < -0.39 is 5.91 Å². The van der Waals surface area contributed by atoms with Crippen LogP contribution >= 0.6 is 0 Å². The predicted octanol–water partition coefficient (Wildman–Crippen LogP) is 2.19. The molecule has 0 aliphatic rings. The number of carbonyl (C=O) groups is 2. The molecule has 124 valence electrons. The topological polar surface area (TPSA) is 70.6 Å². The van der Waals surface area contributed by atoms with Crippen LogP contribution in [0.3, 0.4) is 0 Å². The van der Waals surface area contributed by atoms with Crippen LogP contribution in [0.5, 0.6) is 0 Å². The van der Waals surface area contributed by atoms with Crippen molar-refractivity contribution in [3.8, 4) is 0 Å². The van der Waals surface area contributed by atoms with Crippen molar-refractivity contribution in [1.82, 2.24) is 10.7 Å². The summed E-state index contributed by atoms with van der Waals surface area (Å²) in [6.07, 6.45) is 2.05. The van der Waals surface area contributed by atoms with Gasteiger partial charge in [0.1, 0.15) is 6.42 Å². The second-order valence-corrected chi connectivity index (χ2v) is 5.47. The molecule has 5 nitrogen and oxygen atoms in total. The molecule has 0 fully saturated rings. The zero-order valence-corrected chi connectivity index (χ0v) is 13.7. The number of nitrogens with zero attached hydrogens (tertiary/aromatic N) is 1. The Labute approximate surface area is 141 Å². The Bertz CT molecular complexity index is 712. The van der Waals surface area contributed by atoms with Gasteiger partial charge in [0, 0.05) is 6.54 Å². The summed E-state index contributed by atoms with van der Waals surface area (Å²) in [6, 6.07) is 17.6. The standard InChI is InChI=1S/C19H21N3O2/c1-15-6-5-9-17(12-15)14-21-22-19(24)13-18(23)20-11-10-16-7-3-2-4-8-16/h2-9,12,14H,10-11,13H2,1H3,(H,20,23)(H,22,24)/b21-14+. The Morgan fingerprint density at radius 2 is 1.83 bits per heavy atom. The first-order valence-electron chi connectivity index (χ1n) is 7.82. The van der Waals surface area contributed by atoms with Crippen LogP contribution in [0.1, 0.15) is 23.1 Å². The number of nitrogens with one attached hydrogen (secondary N) is 2. The van der Waals surface area contributed by atoms with E-state index in [1.807, 2.05) is 61.5 Å². The van der Waals surface area contributed by atoms with Gasteiger partial charge in [-0.3, -0.25) is 9.59 Å². The molecular formula is C19H21N3O2. The number of aryl methyl sites for hydroxylation is 1. The summed E-state index contributed by atoms with van der Waals surface area (Å²) in [4.78, 5) is 23.4. The molecule has 0 aliphatic heterocycles. The van der Waals surface area contributed by atoms with E-state index in [0.717, 1.165) is 23.1 Å². The molecule has 5 heteroatoms. The van der Waals surface area contributed by atoms with Crippen molar-refractivity contribution in [2.75, 3.05) is 6.54 Å². The van der Waals surface area contributed by atoms with E-state index in [4.69, 9.17) is 0 Å². The first-order chi connectivity index (χ1) is 11.6. The minimum Gasteiger partial charge on any atom is -0.355 e.